The number of likely N-dealkylation sites (tertiary alicyclic amines) is 1. The lowest BCUT2D eigenvalue weighted by Crippen LogP contribution is -2.43. The zero-order valence-electron chi connectivity index (χ0n) is 13.0. The molecule has 1 aromatic heterocycles. The van der Waals surface area contributed by atoms with Gasteiger partial charge in [0, 0.05) is 19.3 Å². The number of piperidine rings is 1. The molecule has 0 atom stereocenters. The molecule has 120 valence electrons. The monoisotopic (exact) mass is 303 g/mol. The van der Waals surface area contributed by atoms with E-state index in [0.29, 0.717) is 12.2 Å². The van der Waals surface area contributed by atoms with Crippen LogP contribution in [-0.4, -0.2) is 41.2 Å². The first-order chi connectivity index (χ1) is 10.8. The quantitative estimate of drug-likeness (QED) is 0.930. The predicted octanol–water partition coefficient (Wildman–Crippen LogP) is 3.43. The summed E-state index contributed by atoms with van der Waals surface area (Å²) >= 11 is 0. The summed E-state index contributed by atoms with van der Waals surface area (Å²) in [5.41, 5.74) is 0.744. The van der Waals surface area contributed by atoms with Crippen LogP contribution in [0.25, 0.3) is 0 Å². The number of pyridine rings is 1. The minimum atomic E-state index is -0.0379. The maximum absolute atomic E-state index is 12.2. The number of rotatable bonds is 3. The minimum Gasteiger partial charge on any atom is -0.375 e. The van der Waals surface area contributed by atoms with E-state index in [1.807, 2.05) is 17.0 Å². The van der Waals surface area contributed by atoms with Crippen LogP contribution in [0, 0.1) is 0 Å². The Labute approximate surface area is 132 Å². The molecule has 2 heterocycles. The number of carbonyl (C=O) groups is 1. The number of hydrogen-bond donors (Lipinski definition) is 1. The van der Waals surface area contributed by atoms with Gasteiger partial charge in [0.1, 0.15) is 0 Å². The molecular formula is C17H25N3O2. The number of anilines is 1. The summed E-state index contributed by atoms with van der Waals surface area (Å²) in [6, 6.07) is 3.63. The van der Waals surface area contributed by atoms with Gasteiger partial charge in [0.15, 0.2) is 0 Å². The van der Waals surface area contributed by atoms with Crippen molar-refractivity contribution in [3.8, 4) is 0 Å². The third-order valence-electron chi connectivity index (χ3n) is 4.58. The molecule has 5 nitrogen and oxygen atoms in total. The Bertz CT molecular complexity index is 466. The SMILES string of the molecule is O=C(Nc1cccnc1)N1CCC(OC2CCCCC2)CC1. The van der Waals surface area contributed by atoms with Crippen LogP contribution in [-0.2, 0) is 4.74 Å². The second-order valence-electron chi connectivity index (χ2n) is 6.25. The highest BCUT2D eigenvalue weighted by atomic mass is 16.5. The number of ether oxygens (including phenoxy) is 1. The molecule has 1 aliphatic carbocycles. The van der Waals surface area contributed by atoms with Gasteiger partial charge in [-0.05, 0) is 37.8 Å². The Hall–Kier alpha value is -1.62. The maximum Gasteiger partial charge on any atom is 0.321 e. The number of nitrogens with one attached hydrogen (secondary N) is 1. The van der Waals surface area contributed by atoms with Crippen LogP contribution >= 0.6 is 0 Å². The number of hydrogen-bond acceptors (Lipinski definition) is 3. The standard InChI is InChI=1S/C17H25N3O2/c21-17(19-14-5-4-10-18-13-14)20-11-8-16(9-12-20)22-15-6-2-1-3-7-15/h4-5,10,13,15-16H,1-3,6-9,11-12H2,(H,19,21). The van der Waals surface area contributed by atoms with E-state index in [0.717, 1.165) is 31.6 Å². The summed E-state index contributed by atoms with van der Waals surface area (Å²) in [7, 11) is 0. The lowest BCUT2D eigenvalue weighted by Gasteiger charge is -2.34. The van der Waals surface area contributed by atoms with Crippen molar-refractivity contribution in [1.82, 2.24) is 9.88 Å². The third kappa shape index (κ3) is 4.19. The van der Waals surface area contributed by atoms with E-state index in [1.54, 1.807) is 12.4 Å². The van der Waals surface area contributed by atoms with Crippen LogP contribution in [0.4, 0.5) is 10.5 Å². The second-order valence-corrected chi connectivity index (χ2v) is 6.25. The van der Waals surface area contributed by atoms with Gasteiger partial charge in [0.2, 0.25) is 0 Å². The highest BCUT2D eigenvalue weighted by Crippen LogP contribution is 2.24. The molecule has 3 rings (SSSR count). The molecule has 1 saturated heterocycles. The van der Waals surface area contributed by atoms with E-state index in [2.05, 4.69) is 10.3 Å². The van der Waals surface area contributed by atoms with Crippen LogP contribution < -0.4 is 5.32 Å². The number of urea groups is 1. The average molecular weight is 303 g/mol. The van der Waals surface area contributed by atoms with E-state index in [9.17, 15) is 4.79 Å². The van der Waals surface area contributed by atoms with Crippen molar-refractivity contribution in [2.75, 3.05) is 18.4 Å². The van der Waals surface area contributed by atoms with Gasteiger partial charge in [0.05, 0.1) is 24.1 Å². The molecule has 2 aliphatic rings. The van der Waals surface area contributed by atoms with Crippen LogP contribution in [0.3, 0.4) is 0 Å². The fraction of sp³-hybridized carbons (Fsp3) is 0.647. The Morgan fingerprint density at radius 2 is 1.86 bits per heavy atom. The molecule has 1 saturated carbocycles. The molecular weight excluding hydrogens is 278 g/mol. The van der Waals surface area contributed by atoms with Gasteiger partial charge >= 0.3 is 6.03 Å². The van der Waals surface area contributed by atoms with Crippen molar-refractivity contribution < 1.29 is 9.53 Å². The number of carbonyl (C=O) groups excluding carboxylic acids is 1. The fourth-order valence-corrected chi connectivity index (χ4v) is 3.31. The summed E-state index contributed by atoms with van der Waals surface area (Å²) in [5.74, 6) is 0. The van der Waals surface area contributed by atoms with E-state index in [1.165, 1.54) is 32.1 Å². The smallest absolute Gasteiger partial charge is 0.321 e. The molecule has 2 fully saturated rings. The average Bonchev–Trinajstić information content (AvgIpc) is 2.57. The largest absolute Gasteiger partial charge is 0.375 e. The molecule has 0 radical (unpaired) electrons. The van der Waals surface area contributed by atoms with E-state index >= 15 is 0 Å². The molecule has 0 unspecified atom stereocenters. The van der Waals surface area contributed by atoms with Crippen molar-refractivity contribution >= 4 is 11.7 Å². The Morgan fingerprint density at radius 3 is 2.55 bits per heavy atom. The van der Waals surface area contributed by atoms with Crippen LogP contribution in [0.1, 0.15) is 44.9 Å². The molecule has 0 spiro atoms. The molecule has 0 bridgehead atoms. The van der Waals surface area contributed by atoms with Crippen molar-refractivity contribution in [2.24, 2.45) is 0 Å². The molecule has 2 amide bonds. The van der Waals surface area contributed by atoms with Gasteiger partial charge in [-0.2, -0.15) is 0 Å². The third-order valence-corrected chi connectivity index (χ3v) is 4.58. The van der Waals surface area contributed by atoms with E-state index in [-0.39, 0.29) is 6.03 Å². The van der Waals surface area contributed by atoms with Gasteiger partial charge in [-0.15, -0.1) is 0 Å². The Kier molecular flexibility index (Phi) is 5.27. The van der Waals surface area contributed by atoms with Crippen LogP contribution in [0.15, 0.2) is 24.5 Å². The van der Waals surface area contributed by atoms with Crippen molar-refractivity contribution in [3.05, 3.63) is 24.5 Å². The predicted molar refractivity (Wildman–Crippen MR) is 85.8 cm³/mol. The van der Waals surface area contributed by atoms with Gasteiger partial charge in [-0.3, -0.25) is 4.98 Å². The molecule has 22 heavy (non-hydrogen) atoms. The lowest BCUT2D eigenvalue weighted by molar-refractivity contribution is -0.0510. The highest BCUT2D eigenvalue weighted by Gasteiger charge is 2.26. The molecule has 0 aromatic carbocycles. The summed E-state index contributed by atoms with van der Waals surface area (Å²) in [6.07, 6.45) is 12.4. The molecule has 1 aliphatic heterocycles. The zero-order valence-corrected chi connectivity index (χ0v) is 13.0. The fourth-order valence-electron chi connectivity index (χ4n) is 3.31. The van der Waals surface area contributed by atoms with Crippen LogP contribution in [0.2, 0.25) is 0 Å². The number of aromatic nitrogens is 1. The Balaban J connectivity index is 1.42. The summed E-state index contributed by atoms with van der Waals surface area (Å²) in [4.78, 5) is 18.1. The first-order valence-electron chi connectivity index (χ1n) is 8.42. The van der Waals surface area contributed by atoms with Gasteiger partial charge in [-0.25, -0.2) is 4.79 Å². The van der Waals surface area contributed by atoms with E-state index < -0.39 is 0 Å². The van der Waals surface area contributed by atoms with Crippen molar-refractivity contribution in [1.29, 1.82) is 0 Å². The topological polar surface area (TPSA) is 54.5 Å². The molecule has 1 aromatic rings. The number of amides is 2. The van der Waals surface area contributed by atoms with Gasteiger partial charge < -0.3 is 15.0 Å². The number of nitrogens with zero attached hydrogens (tertiary/aromatic N) is 2. The summed E-state index contributed by atoms with van der Waals surface area (Å²) < 4.78 is 6.21. The Morgan fingerprint density at radius 1 is 1.14 bits per heavy atom. The first kappa shape index (κ1) is 15.3. The maximum atomic E-state index is 12.2. The van der Waals surface area contributed by atoms with Gasteiger partial charge in [0.25, 0.3) is 0 Å². The zero-order chi connectivity index (χ0) is 15.2. The molecule has 1 N–H and O–H groups in total. The first-order valence-corrected chi connectivity index (χ1v) is 8.42. The summed E-state index contributed by atoms with van der Waals surface area (Å²) in [6.45, 7) is 1.53. The van der Waals surface area contributed by atoms with E-state index in [4.69, 9.17) is 4.74 Å². The highest BCUT2D eigenvalue weighted by molar-refractivity contribution is 5.89. The minimum absolute atomic E-state index is 0.0379. The van der Waals surface area contributed by atoms with Crippen molar-refractivity contribution in [3.63, 3.8) is 0 Å². The van der Waals surface area contributed by atoms with Gasteiger partial charge in [-0.1, -0.05) is 19.3 Å². The molecule has 5 heteroatoms. The normalized spacial score (nSPS) is 20.8. The van der Waals surface area contributed by atoms with Crippen LogP contribution in [0.5, 0.6) is 0 Å². The lowest BCUT2D eigenvalue weighted by atomic mass is 9.97. The second kappa shape index (κ2) is 7.58. The van der Waals surface area contributed by atoms with Crippen molar-refractivity contribution in [2.45, 2.75) is 57.2 Å². The summed E-state index contributed by atoms with van der Waals surface area (Å²) in [5, 5.41) is 2.89.